The zero-order valence-electron chi connectivity index (χ0n) is 16.4. The van der Waals surface area contributed by atoms with E-state index in [4.69, 9.17) is 36.3 Å². The monoisotopic (exact) mass is 448 g/mol. The van der Waals surface area contributed by atoms with Crippen molar-refractivity contribution in [2.75, 3.05) is 12.3 Å². The molecular formula is C20H21ClN4O4S. The predicted molar refractivity (Wildman–Crippen MR) is 111 cm³/mol. The summed E-state index contributed by atoms with van der Waals surface area (Å²) in [6.45, 7) is 4.46. The predicted octanol–water partition coefficient (Wildman–Crippen LogP) is 3.46. The van der Waals surface area contributed by atoms with Gasteiger partial charge in [-0.2, -0.15) is 0 Å². The van der Waals surface area contributed by atoms with Gasteiger partial charge in [-0.3, -0.25) is 0 Å². The van der Waals surface area contributed by atoms with Crippen LogP contribution < -0.4 is 5.73 Å². The van der Waals surface area contributed by atoms with Crippen LogP contribution in [-0.2, 0) is 25.4 Å². The van der Waals surface area contributed by atoms with Crippen molar-refractivity contribution in [3.63, 3.8) is 0 Å². The first-order chi connectivity index (χ1) is 14.4. The highest BCUT2D eigenvalue weighted by atomic mass is 35.5. The first kappa shape index (κ1) is 19.0. The van der Waals surface area contributed by atoms with Gasteiger partial charge in [0, 0.05) is 11.1 Å². The van der Waals surface area contributed by atoms with E-state index in [1.807, 2.05) is 36.7 Å². The van der Waals surface area contributed by atoms with Crippen LogP contribution in [0.1, 0.15) is 36.6 Å². The van der Waals surface area contributed by atoms with Gasteiger partial charge in [-0.05, 0) is 38.0 Å². The molecule has 0 amide bonds. The van der Waals surface area contributed by atoms with Crippen LogP contribution in [0.4, 0.5) is 5.82 Å². The summed E-state index contributed by atoms with van der Waals surface area (Å²) in [4.78, 5) is 9.61. The highest BCUT2D eigenvalue weighted by Gasteiger charge is 2.59. The highest BCUT2D eigenvalue weighted by molar-refractivity contribution is 7.16. The molecule has 158 valence electrons. The van der Waals surface area contributed by atoms with Crippen LogP contribution >= 0.6 is 22.9 Å². The van der Waals surface area contributed by atoms with Crippen LogP contribution in [0.3, 0.4) is 0 Å². The summed E-state index contributed by atoms with van der Waals surface area (Å²) in [6.07, 6.45) is 2.57. The van der Waals surface area contributed by atoms with Crippen molar-refractivity contribution in [2.24, 2.45) is 0 Å². The maximum atomic E-state index is 6.57. The molecule has 5 atom stereocenters. The van der Waals surface area contributed by atoms with Gasteiger partial charge in [0.25, 0.3) is 0 Å². The highest BCUT2D eigenvalue weighted by Crippen LogP contribution is 2.50. The molecule has 3 aromatic rings. The quantitative estimate of drug-likeness (QED) is 0.641. The summed E-state index contributed by atoms with van der Waals surface area (Å²) in [5.74, 6) is -0.292. The molecular weight excluding hydrogens is 428 g/mol. The van der Waals surface area contributed by atoms with E-state index in [9.17, 15) is 0 Å². The van der Waals surface area contributed by atoms with Crippen LogP contribution in [0.2, 0.25) is 4.34 Å². The molecule has 0 aromatic carbocycles. The Hall–Kier alpha value is -1.75. The SMILES string of the molecule is CC1(C)O[C@H]2[C@@H](O1)[C@H](n1ccc3c(N)ncnc31)O[C@@H]2[C@@H]1OCCc2cc(Cl)sc21. The van der Waals surface area contributed by atoms with Gasteiger partial charge in [0.05, 0.1) is 16.3 Å². The van der Waals surface area contributed by atoms with E-state index < -0.39 is 12.0 Å². The van der Waals surface area contributed by atoms with Crippen LogP contribution in [0, 0.1) is 0 Å². The van der Waals surface area contributed by atoms with Crippen LogP contribution in [0.5, 0.6) is 0 Å². The largest absolute Gasteiger partial charge is 0.383 e. The Bertz CT molecular complexity index is 1130. The van der Waals surface area contributed by atoms with Crippen molar-refractivity contribution in [3.05, 3.63) is 39.4 Å². The normalized spacial score (nSPS) is 32.4. The maximum absolute atomic E-state index is 6.57. The number of halogens is 1. The third-order valence-corrected chi connectivity index (χ3v) is 7.28. The van der Waals surface area contributed by atoms with Crippen molar-refractivity contribution in [1.82, 2.24) is 14.5 Å². The van der Waals surface area contributed by atoms with E-state index in [0.717, 1.165) is 21.0 Å². The summed E-state index contributed by atoms with van der Waals surface area (Å²) < 4.78 is 28.0. The number of nitrogens with two attached hydrogens (primary N) is 1. The number of fused-ring (bicyclic) bond motifs is 3. The van der Waals surface area contributed by atoms with Gasteiger partial charge >= 0.3 is 0 Å². The molecule has 2 saturated heterocycles. The topological polar surface area (TPSA) is 93.7 Å². The standard InChI is InChI=1S/C20H21ClN4O4S/c1-20(2)28-13-12(14-16-9(4-6-26-14)7-11(21)30-16)27-19(15(13)29-20)25-5-3-10-17(22)23-8-24-18(10)25/h3,5,7-8,12-15,19H,4,6H2,1-2H3,(H2,22,23,24)/t12-,13+,14-,15+,19+/m0/s1. The van der Waals surface area contributed by atoms with Crippen molar-refractivity contribution in [2.45, 2.75) is 56.7 Å². The number of hydrogen-bond donors (Lipinski definition) is 1. The van der Waals surface area contributed by atoms with Crippen LogP contribution in [0.15, 0.2) is 24.7 Å². The number of anilines is 1. The molecule has 0 bridgehead atoms. The lowest BCUT2D eigenvalue weighted by Crippen LogP contribution is -2.36. The van der Waals surface area contributed by atoms with Crippen molar-refractivity contribution in [1.29, 1.82) is 0 Å². The Morgan fingerprint density at radius 2 is 2.07 bits per heavy atom. The van der Waals surface area contributed by atoms with E-state index in [-0.39, 0.29) is 24.4 Å². The van der Waals surface area contributed by atoms with Crippen molar-refractivity contribution >= 4 is 39.8 Å². The van der Waals surface area contributed by atoms with Crippen molar-refractivity contribution < 1.29 is 18.9 Å². The van der Waals surface area contributed by atoms with E-state index in [0.29, 0.717) is 18.1 Å². The van der Waals surface area contributed by atoms with Crippen molar-refractivity contribution in [3.8, 4) is 0 Å². The summed E-state index contributed by atoms with van der Waals surface area (Å²) >= 11 is 7.85. The molecule has 30 heavy (non-hydrogen) atoms. The first-order valence-electron chi connectivity index (χ1n) is 9.89. The number of hydrogen-bond acceptors (Lipinski definition) is 8. The van der Waals surface area contributed by atoms with Gasteiger partial charge in [0.15, 0.2) is 12.0 Å². The summed E-state index contributed by atoms with van der Waals surface area (Å²) in [5.41, 5.74) is 7.94. The minimum Gasteiger partial charge on any atom is -0.383 e. The third-order valence-electron chi connectivity index (χ3n) is 5.92. The van der Waals surface area contributed by atoms with Gasteiger partial charge < -0.3 is 29.2 Å². The number of nitrogens with zero attached hydrogens (tertiary/aromatic N) is 3. The lowest BCUT2D eigenvalue weighted by atomic mass is 9.99. The molecule has 0 radical (unpaired) electrons. The zero-order valence-corrected chi connectivity index (χ0v) is 18.0. The molecule has 0 spiro atoms. The van der Waals surface area contributed by atoms with E-state index in [1.54, 1.807) is 11.3 Å². The first-order valence-corrected chi connectivity index (χ1v) is 11.1. The van der Waals surface area contributed by atoms with Gasteiger partial charge in [0.1, 0.15) is 42.2 Å². The van der Waals surface area contributed by atoms with E-state index >= 15 is 0 Å². The molecule has 0 aliphatic carbocycles. The Morgan fingerprint density at radius 3 is 2.93 bits per heavy atom. The smallest absolute Gasteiger partial charge is 0.164 e. The minimum atomic E-state index is -0.725. The lowest BCUT2D eigenvalue weighted by molar-refractivity contribution is -0.212. The number of nitrogen functional groups attached to an aromatic ring is 1. The second-order valence-electron chi connectivity index (χ2n) is 8.26. The molecule has 2 fully saturated rings. The Morgan fingerprint density at radius 1 is 1.23 bits per heavy atom. The molecule has 3 aliphatic rings. The molecule has 0 unspecified atom stereocenters. The van der Waals surface area contributed by atoms with E-state index in [1.165, 1.54) is 11.9 Å². The number of ether oxygens (including phenoxy) is 4. The van der Waals surface area contributed by atoms with Gasteiger partial charge in [-0.1, -0.05) is 11.6 Å². The molecule has 10 heteroatoms. The molecule has 6 heterocycles. The molecule has 3 aliphatic heterocycles. The average molecular weight is 449 g/mol. The number of aromatic nitrogens is 3. The number of thiophene rings is 1. The fraction of sp³-hybridized carbons (Fsp3) is 0.500. The summed E-state index contributed by atoms with van der Waals surface area (Å²) in [6, 6.07) is 3.92. The summed E-state index contributed by atoms with van der Waals surface area (Å²) in [7, 11) is 0. The number of rotatable bonds is 2. The second-order valence-corrected chi connectivity index (χ2v) is 9.97. The maximum Gasteiger partial charge on any atom is 0.164 e. The zero-order chi connectivity index (χ0) is 20.6. The Balaban J connectivity index is 1.42. The van der Waals surface area contributed by atoms with Gasteiger partial charge in [-0.25, -0.2) is 9.97 Å². The molecule has 8 nitrogen and oxygen atoms in total. The van der Waals surface area contributed by atoms with E-state index in [2.05, 4.69) is 9.97 Å². The second kappa shape index (κ2) is 6.62. The average Bonchev–Trinajstić information content (AvgIpc) is 3.42. The van der Waals surface area contributed by atoms with Gasteiger partial charge in [0.2, 0.25) is 0 Å². The fourth-order valence-electron chi connectivity index (χ4n) is 4.73. The Labute approximate surface area is 181 Å². The van der Waals surface area contributed by atoms with Crippen LogP contribution in [0.25, 0.3) is 11.0 Å². The molecule has 3 aromatic heterocycles. The van der Waals surface area contributed by atoms with Gasteiger partial charge in [-0.15, -0.1) is 11.3 Å². The summed E-state index contributed by atoms with van der Waals surface area (Å²) in [5, 5.41) is 0.778. The molecule has 2 N–H and O–H groups in total. The minimum absolute atomic E-state index is 0.261. The third kappa shape index (κ3) is 2.80. The van der Waals surface area contributed by atoms with Crippen LogP contribution in [-0.4, -0.2) is 45.2 Å². The molecule has 0 saturated carbocycles. The lowest BCUT2D eigenvalue weighted by Gasteiger charge is -2.31. The molecule has 6 rings (SSSR count). The fourth-order valence-corrected chi connectivity index (χ4v) is 6.13. The Kier molecular flexibility index (Phi) is 4.19.